The number of aliphatic carboxylic acids is 1. The molecule has 1 aromatic heterocycles. The van der Waals surface area contributed by atoms with Crippen LogP contribution in [0.15, 0.2) is 15.5 Å². The Balaban J connectivity index is 3.34. The molecule has 0 atom stereocenters. The lowest BCUT2D eigenvalue weighted by molar-refractivity contribution is -0.136. The number of aromatic amines is 1. The Labute approximate surface area is 91.1 Å². The van der Waals surface area contributed by atoms with Crippen molar-refractivity contribution in [3.63, 3.8) is 0 Å². The lowest BCUT2D eigenvalue weighted by Crippen LogP contribution is -2.15. The van der Waals surface area contributed by atoms with Crippen LogP contribution in [0.2, 0.25) is 0 Å². The molecule has 1 aromatic rings. The SMILES string of the molecule is O=C(O)Cc1c(C(F)F)c[nH]c(=O)c1Br. The third kappa shape index (κ3) is 2.62. The minimum Gasteiger partial charge on any atom is -0.481 e. The van der Waals surface area contributed by atoms with E-state index in [1.54, 1.807) is 0 Å². The number of alkyl halides is 2. The van der Waals surface area contributed by atoms with Gasteiger partial charge in [-0.25, -0.2) is 8.78 Å². The van der Waals surface area contributed by atoms with Crippen LogP contribution >= 0.6 is 15.9 Å². The van der Waals surface area contributed by atoms with E-state index in [9.17, 15) is 18.4 Å². The summed E-state index contributed by atoms with van der Waals surface area (Å²) >= 11 is 2.79. The second-order valence-electron chi connectivity index (χ2n) is 2.74. The number of carboxylic acids is 1. The zero-order valence-corrected chi connectivity index (χ0v) is 8.85. The zero-order valence-electron chi connectivity index (χ0n) is 7.26. The largest absolute Gasteiger partial charge is 0.481 e. The van der Waals surface area contributed by atoms with Crippen LogP contribution in [0.1, 0.15) is 17.6 Å². The molecule has 0 amide bonds. The van der Waals surface area contributed by atoms with Crippen LogP contribution in [-0.2, 0) is 11.2 Å². The number of rotatable bonds is 3. The number of H-pyrrole nitrogens is 1. The van der Waals surface area contributed by atoms with Crippen LogP contribution < -0.4 is 5.56 Å². The first-order valence-corrected chi connectivity index (χ1v) is 4.62. The fraction of sp³-hybridized carbons (Fsp3) is 0.250. The minimum absolute atomic E-state index is 0.164. The average Bonchev–Trinajstić information content (AvgIpc) is 2.12. The summed E-state index contributed by atoms with van der Waals surface area (Å²) in [6.07, 6.45) is -2.62. The first-order chi connectivity index (χ1) is 6.93. The van der Waals surface area contributed by atoms with Gasteiger partial charge in [-0.3, -0.25) is 9.59 Å². The molecule has 2 N–H and O–H groups in total. The molecule has 1 heterocycles. The van der Waals surface area contributed by atoms with Crippen molar-refractivity contribution in [1.29, 1.82) is 0 Å². The molecule has 0 bridgehead atoms. The van der Waals surface area contributed by atoms with Gasteiger partial charge >= 0.3 is 5.97 Å². The van der Waals surface area contributed by atoms with Gasteiger partial charge in [-0.15, -0.1) is 0 Å². The quantitative estimate of drug-likeness (QED) is 0.886. The second-order valence-corrected chi connectivity index (χ2v) is 3.53. The topological polar surface area (TPSA) is 70.2 Å². The molecule has 1 rings (SSSR count). The van der Waals surface area contributed by atoms with Crippen LogP contribution in [0.4, 0.5) is 8.78 Å². The van der Waals surface area contributed by atoms with Gasteiger partial charge < -0.3 is 10.1 Å². The van der Waals surface area contributed by atoms with E-state index in [0.29, 0.717) is 0 Å². The first kappa shape index (κ1) is 11.8. The standard InChI is InChI=1S/C8H6BrF2NO3/c9-6-3(1-5(13)14)4(7(10)11)2-12-8(6)15/h2,7H,1H2,(H,12,15)(H,13,14). The van der Waals surface area contributed by atoms with Crippen molar-refractivity contribution < 1.29 is 18.7 Å². The van der Waals surface area contributed by atoms with Gasteiger partial charge in [0.15, 0.2) is 0 Å². The van der Waals surface area contributed by atoms with E-state index >= 15 is 0 Å². The predicted molar refractivity (Wildman–Crippen MR) is 51.1 cm³/mol. The second kappa shape index (κ2) is 4.52. The Hall–Kier alpha value is -1.24. The Kier molecular flexibility index (Phi) is 3.57. The molecule has 4 nitrogen and oxygen atoms in total. The van der Waals surface area contributed by atoms with Gasteiger partial charge in [0, 0.05) is 11.8 Å². The van der Waals surface area contributed by atoms with E-state index in [2.05, 4.69) is 20.9 Å². The summed E-state index contributed by atoms with van der Waals surface area (Å²) in [5, 5.41) is 8.51. The zero-order chi connectivity index (χ0) is 11.6. The smallest absolute Gasteiger partial charge is 0.307 e. The van der Waals surface area contributed by atoms with Crippen molar-refractivity contribution in [2.24, 2.45) is 0 Å². The molecule has 0 aliphatic rings. The number of halogens is 3. The van der Waals surface area contributed by atoms with Crippen molar-refractivity contribution in [3.05, 3.63) is 32.2 Å². The van der Waals surface area contributed by atoms with E-state index in [1.165, 1.54) is 0 Å². The maximum absolute atomic E-state index is 12.5. The third-order valence-electron chi connectivity index (χ3n) is 1.73. The molecule has 15 heavy (non-hydrogen) atoms. The van der Waals surface area contributed by atoms with E-state index in [1.807, 2.05) is 0 Å². The molecule has 82 valence electrons. The lowest BCUT2D eigenvalue weighted by atomic mass is 10.1. The van der Waals surface area contributed by atoms with Gasteiger partial charge in [-0.1, -0.05) is 0 Å². The number of pyridine rings is 1. The highest BCUT2D eigenvalue weighted by molar-refractivity contribution is 9.10. The normalized spacial score (nSPS) is 10.7. The van der Waals surface area contributed by atoms with E-state index in [4.69, 9.17) is 5.11 Å². The molecule has 0 aliphatic heterocycles. The third-order valence-corrected chi connectivity index (χ3v) is 2.57. The monoisotopic (exact) mass is 281 g/mol. The number of carboxylic acid groups (broad SMARTS) is 1. The maximum Gasteiger partial charge on any atom is 0.307 e. The molecule has 0 aliphatic carbocycles. The Morgan fingerprint density at radius 1 is 1.60 bits per heavy atom. The van der Waals surface area contributed by atoms with Gasteiger partial charge in [0.2, 0.25) is 0 Å². The highest BCUT2D eigenvalue weighted by Crippen LogP contribution is 2.25. The Bertz CT molecular complexity index is 444. The molecular weight excluding hydrogens is 276 g/mol. The van der Waals surface area contributed by atoms with E-state index in [0.717, 1.165) is 6.20 Å². The summed E-state index contributed by atoms with van der Waals surface area (Å²) in [6.45, 7) is 0. The van der Waals surface area contributed by atoms with E-state index < -0.39 is 29.9 Å². The van der Waals surface area contributed by atoms with Crippen LogP contribution in [0.3, 0.4) is 0 Å². The highest BCUT2D eigenvalue weighted by Gasteiger charge is 2.19. The summed E-state index contributed by atoms with van der Waals surface area (Å²) in [7, 11) is 0. The van der Waals surface area contributed by atoms with Gasteiger partial charge in [-0.2, -0.15) is 0 Å². The molecule has 0 saturated carbocycles. The average molecular weight is 282 g/mol. The van der Waals surface area contributed by atoms with Crippen molar-refractivity contribution in [2.75, 3.05) is 0 Å². The van der Waals surface area contributed by atoms with Crippen molar-refractivity contribution in [3.8, 4) is 0 Å². The molecule has 0 fully saturated rings. The number of carbonyl (C=O) groups is 1. The molecule has 0 unspecified atom stereocenters. The Morgan fingerprint density at radius 2 is 2.20 bits per heavy atom. The Morgan fingerprint density at radius 3 is 2.67 bits per heavy atom. The van der Waals surface area contributed by atoms with Gasteiger partial charge in [-0.05, 0) is 21.5 Å². The van der Waals surface area contributed by atoms with Gasteiger partial charge in [0.05, 0.1) is 10.9 Å². The summed E-state index contributed by atoms with van der Waals surface area (Å²) in [4.78, 5) is 23.6. The molecule has 0 aromatic carbocycles. The number of hydrogen-bond donors (Lipinski definition) is 2. The molecule has 0 radical (unpaired) electrons. The summed E-state index contributed by atoms with van der Waals surface area (Å²) in [6, 6.07) is 0. The van der Waals surface area contributed by atoms with Crippen LogP contribution in [-0.4, -0.2) is 16.1 Å². The fourth-order valence-electron chi connectivity index (χ4n) is 1.08. The molecule has 0 saturated heterocycles. The lowest BCUT2D eigenvalue weighted by Gasteiger charge is -2.07. The van der Waals surface area contributed by atoms with Crippen molar-refractivity contribution in [1.82, 2.24) is 4.98 Å². The van der Waals surface area contributed by atoms with Crippen LogP contribution in [0, 0.1) is 0 Å². The highest BCUT2D eigenvalue weighted by atomic mass is 79.9. The fourth-order valence-corrected chi connectivity index (χ4v) is 1.57. The molecule has 0 spiro atoms. The summed E-state index contributed by atoms with van der Waals surface area (Å²) < 4.78 is 24.7. The number of hydrogen-bond acceptors (Lipinski definition) is 2. The van der Waals surface area contributed by atoms with Crippen LogP contribution in [0.25, 0.3) is 0 Å². The first-order valence-electron chi connectivity index (χ1n) is 3.83. The van der Waals surface area contributed by atoms with Crippen molar-refractivity contribution in [2.45, 2.75) is 12.8 Å². The maximum atomic E-state index is 12.5. The van der Waals surface area contributed by atoms with Gasteiger partial charge in [0.25, 0.3) is 12.0 Å². The van der Waals surface area contributed by atoms with E-state index in [-0.39, 0.29) is 10.0 Å². The van der Waals surface area contributed by atoms with Crippen molar-refractivity contribution >= 4 is 21.9 Å². The summed E-state index contributed by atoms with van der Waals surface area (Å²) in [5.74, 6) is -1.27. The minimum atomic E-state index is -2.83. The predicted octanol–water partition coefficient (Wildman–Crippen LogP) is 1.70. The molecular formula is C8H6BrF2NO3. The summed E-state index contributed by atoms with van der Waals surface area (Å²) in [5.41, 5.74) is -1.30. The number of nitrogens with one attached hydrogen (secondary N) is 1. The van der Waals surface area contributed by atoms with Gasteiger partial charge in [0.1, 0.15) is 0 Å². The number of aromatic nitrogens is 1. The molecule has 7 heteroatoms. The van der Waals surface area contributed by atoms with Crippen LogP contribution in [0.5, 0.6) is 0 Å².